The molecule has 2 nitrogen and oxygen atoms in total. The van der Waals surface area contributed by atoms with E-state index >= 15 is 0 Å². The number of alkyl halides is 3. The Hall–Kier alpha value is -1.07. The number of hydrogen-bond acceptors (Lipinski definition) is 2. The number of rotatable bonds is 4. The molecule has 21 heavy (non-hydrogen) atoms. The summed E-state index contributed by atoms with van der Waals surface area (Å²) in [6, 6.07) is 5.94. The molecule has 2 rings (SSSR count). The molecule has 1 aromatic rings. The van der Waals surface area contributed by atoms with Gasteiger partial charge in [0.15, 0.2) is 0 Å². The van der Waals surface area contributed by atoms with E-state index in [0.717, 1.165) is 31.7 Å². The molecule has 1 saturated carbocycles. The van der Waals surface area contributed by atoms with Crippen LogP contribution in [-0.4, -0.2) is 29.7 Å². The molecule has 5 heteroatoms. The third kappa shape index (κ3) is 4.45. The zero-order chi connectivity index (χ0) is 15.5. The van der Waals surface area contributed by atoms with Crippen molar-refractivity contribution in [2.45, 2.75) is 44.4 Å². The highest BCUT2D eigenvalue weighted by atomic mass is 19.4. The Morgan fingerprint density at radius 3 is 2.43 bits per heavy atom. The van der Waals surface area contributed by atoms with E-state index in [9.17, 15) is 13.2 Å². The van der Waals surface area contributed by atoms with Crippen molar-refractivity contribution in [3.63, 3.8) is 0 Å². The van der Waals surface area contributed by atoms with Crippen LogP contribution < -0.4 is 0 Å². The van der Waals surface area contributed by atoms with Gasteiger partial charge in [-0.1, -0.05) is 18.2 Å². The molecule has 1 N–H and O–H groups in total. The minimum atomic E-state index is -4.28. The van der Waals surface area contributed by atoms with Crippen LogP contribution in [0, 0.1) is 5.92 Å². The molecule has 1 aliphatic carbocycles. The predicted molar refractivity (Wildman–Crippen MR) is 75.7 cm³/mol. The minimum Gasteiger partial charge on any atom is -0.396 e. The fraction of sp³-hybridized carbons (Fsp3) is 0.625. The van der Waals surface area contributed by atoms with Crippen LogP contribution in [0.2, 0.25) is 0 Å². The highest BCUT2D eigenvalue weighted by Gasteiger charge is 2.30. The molecule has 1 aromatic carbocycles. The van der Waals surface area contributed by atoms with Crippen LogP contribution >= 0.6 is 0 Å². The van der Waals surface area contributed by atoms with E-state index in [4.69, 9.17) is 5.11 Å². The first-order valence-electron chi connectivity index (χ1n) is 7.37. The molecule has 0 amide bonds. The van der Waals surface area contributed by atoms with Crippen molar-refractivity contribution >= 4 is 0 Å². The van der Waals surface area contributed by atoms with E-state index in [1.54, 1.807) is 6.07 Å². The van der Waals surface area contributed by atoms with Crippen molar-refractivity contribution in [3.05, 3.63) is 35.4 Å². The van der Waals surface area contributed by atoms with Crippen LogP contribution in [0.5, 0.6) is 0 Å². The summed E-state index contributed by atoms with van der Waals surface area (Å²) in [6.45, 7) is 0.766. The topological polar surface area (TPSA) is 23.5 Å². The second-order valence-electron chi connectivity index (χ2n) is 5.97. The van der Waals surface area contributed by atoms with Gasteiger partial charge in [-0.15, -0.1) is 0 Å². The van der Waals surface area contributed by atoms with E-state index in [1.165, 1.54) is 12.1 Å². The largest absolute Gasteiger partial charge is 0.416 e. The lowest BCUT2D eigenvalue weighted by Crippen LogP contribution is -2.35. The van der Waals surface area contributed by atoms with Crippen LogP contribution in [0.4, 0.5) is 13.2 Å². The summed E-state index contributed by atoms with van der Waals surface area (Å²) in [5.74, 6) is 0.392. The van der Waals surface area contributed by atoms with Crippen molar-refractivity contribution in [1.82, 2.24) is 4.90 Å². The quantitative estimate of drug-likeness (QED) is 0.917. The average Bonchev–Trinajstić information content (AvgIpc) is 2.47. The van der Waals surface area contributed by atoms with Crippen molar-refractivity contribution in [2.75, 3.05) is 13.7 Å². The summed E-state index contributed by atoms with van der Waals surface area (Å²) in [5.41, 5.74) is 0.106. The SMILES string of the molecule is CN(Cc1cccc(C(F)(F)F)c1)C1CCC(CO)CC1. The molecule has 0 atom stereocenters. The second kappa shape index (κ2) is 6.79. The van der Waals surface area contributed by atoms with Gasteiger partial charge in [-0.05, 0) is 50.3 Å². The first kappa shape index (κ1) is 16.3. The lowest BCUT2D eigenvalue weighted by atomic mass is 9.86. The molecule has 0 aliphatic heterocycles. The predicted octanol–water partition coefficient (Wildman–Crippen LogP) is 3.69. The molecule has 118 valence electrons. The number of benzene rings is 1. The van der Waals surface area contributed by atoms with Gasteiger partial charge in [-0.3, -0.25) is 4.90 Å². The Morgan fingerprint density at radius 2 is 1.86 bits per heavy atom. The van der Waals surface area contributed by atoms with E-state index < -0.39 is 11.7 Å². The first-order valence-corrected chi connectivity index (χ1v) is 7.37. The zero-order valence-corrected chi connectivity index (χ0v) is 12.2. The fourth-order valence-electron chi connectivity index (χ4n) is 3.03. The molecule has 0 aromatic heterocycles. The number of aliphatic hydroxyl groups is 1. The summed E-state index contributed by atoms with van der Waals surface area (Å²) < 4.78 is 38.1. The highest BCUT2D eigenvalue weighted by Crippen LogP contribution is 2.31. The molecule has 0 unspecified atom stereocenters. The summed E-state index contributed by atoms with van der Waals surface area (Å²) in [6.07, 6.45) is -0.294. The van der Waals surface area contributed by atoms with Gasteiger partial charge in [0.2, 0.25) is 0 Å². The molecule has 0 saturated heterocycles. The molecular weight excluding hydrogens is 279 g/mol. The van der Waals surface area contributed by atoms with E-state index in [2.05, 4.69) is 4.90 Å². The third-order valence-electron chi connectivity index (χ3n) is 4.38. The molecule has 1 aliphatic rings. The number of nitrogens with zero attached hydrogens (tertiary/aromatic N) is 1. The number of aliphatic hydroxyl groups excluding tert-OH is 1. The van der Waals surface area contributed by atoms with Gasteiger partial charge < -0.3 is 5.11 Å². The monoisotopic (exact) mass is 301 g/mol. The summed E-state index contributed by atoms with van der Waals surface area (Å²) in [7, 11) is 1.96. The Morgan fingerprint density at radius 1 is 1.19 bits per heavy atom. The number of halogens is 3. The van der Waals surface area contributed by atoms with E-state index in [0.29, 0.717) is 24.1 Å². The fourth-order valence-corrected chi connectivity index (χ4v) is 3.03. The van der Waals surface area contributed by atoms with Gasteiger partial charge in [0.25, 0.3) is 0 Å². The van der Waals surface area contributed by atoms with Gasteiger partial charge in [-0.25, -0.2) is 0 Å². The van der Waals surface area contributed by atoms with Crippen molar-refractivity contribution in [2.24, 2.45) is 5.92 Å². The maximum atomic E-state index is 12.7. The summed E-state index contributed by atoms with van der Waals surface area (Å²) in [4.78, 5) is 2.13. The van der Waals surface area contributed by atoms with E-state index in [1.807, 2.05) is 7.05 Å². The maximum Gasteiger partial charge on any atom is 0.416 e. The van der Waals surface area contributed by atoms with Gasteiger partial charge >= 0.3 is 6.18 Å². The van der Waals surface area contributed by atoms with Gasteiger partial charge in [0.1, 0.15) is 0 Å². The lowest BCUT2D eigenvalue weighted by molar-refractivity contribution is -0.137. The Kier molecular flexibility index (Phi) is 5.27. The van der Waals surface area contributed by atoms with Crippen LogP contribution in [0.1, 0.15) is 36.8 Å². The van der Waals surface area contributed by atoms with Crippen molar-refractivity contribution < 1.29 is 18.3 Å². The summed E-state index contributed by atoms with van der Waals surface area (Å²) in [5, 5.41) is 9.14. The van der Waals surface area contributed by atoms with Crippen LogP contribution in [0.3, 0.4) is 0 Å². The molecule has 0 spiro atoms. The average molecular weight is 301 g/mol. The van der Waals surface area contributed by atoms with E-state index in [-0.39, 0.29) is 6.61 Å². The minimum absolute atomic E-state index is 0.240. The van der Waals surface area contributed by atoms with Crippen LogP contribution in [-0.2, 0) is 12.7 Å². The normalized spacial score (nSPS) is 23.5. The molecule has 0 heterocycles. The Balaban J connectivity index is 1.95. The molecule has 0 radical (unpaired) electrons. The Bertz CT molecular complexity index is 453. The number of hydrogen-bond donors (Lipinski definition) is 1. The highest BCUT2D eigenvalue weighted by molar-refractivity contribution is 5.25. The van der Waals surface area contributed by atoms with Crippen LogP contribution in [0.25, 0.3) is 0 Å². The molecule has 1 fully saturated rings. The van der Waals surface area contributed by atoms with Crippen LogP contribution in [0.15, 0.2) is 24.3 Å². The van der Waals surface area contributed by atoms with Crippen molar-refractivity contribution in [1.29, 1.82) is 0 Å². The standard InChI is InChI=1S/C16H22F3NO/c1-20(15-7-5-12(11-21)6-8-15)10-13-3-2-4-14(9-13)16(17,18)19/h2-4,9,12,15,21H,5-8,10-11H2,1H3. The third-order valence-corrected chi connectivity index (χ3v) is 4.38. The van der Waals surface area contributed by atoms with Gasteiger partial charge in [0, 0.05) is 19.2 Å². The molecular formula is C16H22F3NO. The smallest absolute Gasteiger partial charge is 0.396 e. The zero-order valence-electron chi connectivity index (χ0n) is 12.2. The van der Waals surface area contributed by atoms with Gasteiger partial charge in [-0.2, -0.15) is 13.2 Å². The Labute approximate surface area is 123 Å². The summed E-state index contributed by atoms with van der Waals surface area (Å²) >= 11 is 0. The first-order chi connectivity index (χ1) is 9.90. The lowest BCUT2D eigenvalue weighted by Gasteiger charge is -2.34. The van der Waals surface area contributed by atoms with Gasteiger partial charge in [0.05, 0.1) is 5.56 Å². The second-order valence-corrected chi connectivity index (χ2v) is 5.97. The van der Waals surface area contributed by atoms with Crippen molar-refractivity contribution in [3.8, 4) is 0 Å². The molecule has 0 bridgehead atoms. The maximum absolute atomic E-state index is 12.7.